The van der Waals surface area contributed by atoms with Crippen molar-refractivity contribution < 1.29 is 24.8 Å². The Hall–Kier alpha value is -3.08. The molecule has 0 bridgehead atoms. The summed E-state index contributed by atoms with van der Waals surface area (Å²) >= 11 is 0. The van der Waals surface area contributed by atoms with Crippen LogP contribution in [0.5, 0.6) is 0 Å². The van der Waals surface area contributed by atoms with E-state index in [9.17, 15) is 24.9 Å². The van der Waals surface area contributed by atoms with Gasteiger partial charge in [0.15, 0.2) is 0 Å². The summed E-state index contributed by atoms with van der Waals surface area (Å²) in [7, 11) is 0. The molecular weight excluding hydrogens is 416 g/mol. The number of hydrogen-bond acceptors (Lipinski definition) is 7. The molecule has 1 aliphatic heterocycles. The maximum Gasteiger partial charge on any atom is 0.330 e. The molecule has 0 spiro atoms. The summed E-state index contributed by atoms with van der Waals surface area (Å²) in [6.45, 7) is -0.492. The number of hydrogen-bond donors (Lipinski definition) is 4. The quantitative estimate of drug-likeness (QED) is 0.414. The fourth-order valence-corrected chi connectivity index (χ4v) is 4.05. The van der Waals surface area contributed by atoms with E-state index in [4.69, 9.17) is 9.47 Å². The summed E-state index contributed by atoms with van der Waals surface area (Å²) in [4.78, 5) is 26.6. The number of rotatable bonds is 7. The lowest BCUT2D eigenvalue weighted by atomic mass is 9.91. The number of nitrogens with zero attached hydrogens (tertiary/aromatic N) is 1. The van der Waals surface area contributed by atoms with Crippen LogP contribution in [0, 0.1) is 0 Å². The van der Waals surface area contributed by atoms with E-state index in [-0.39, 0.29) is 6.61 Å². The molecule has 32 heavy (non-hydrogen) atoms. The number of aromatic amines is 1. The number of aliphatic hydroxyl groups excluding tert-OH is 3. The van der Waals surface area contributed by atoms with E-state index in [1.165, 1.54) is 6.20 Å². The molecule has 4 rings (SSSR count). The Bertz CT molecular complexity index is 1150. The zero-order valence-corrected chi connectivity index (χ0v) is 17.1. The molecule has 168 valence electrons. The molecule has 1 aromatic heterocycles. The number of aliphatic hydroxyl groups is 3. The van der Waals surface area contributed by atoms with E-state index in [2.05, 4.69) is 4.98 Å². The van der Waals surface area contributed by atoms with E-state index >= 15 is 0 Å². The van der Waals surface area contributed by atoms with Crippen molar-refractivity contribution in [2.45, 2.75) is 36.7 Å². The van der Waals surface area contributed by atoms with Gasteiger partial charge in [-0.15, -0.1) is 0 Å². The van der Waals surface area contributed by atoms with Crippen LogP contribution in [0.3, 0.4) is 0 Å². The van der Waals surface area contributed by atoms with Gasteiger partial charge in [0.2, 0.25) is 5.72 Å². The summed E-state index contributed by atoms with van der Waals surface area (Å²) in [5.41, 5.74) is -2.05. The van der Waals surface area contributed by atoms with Gasteiger partial charge in [0.25, 0.3) is 5.56 Å². The van der Waals surface area contributed by atoms with E-state index in [0.29, 0.717) is 5.56 Å². The monoisotopic (exact) mass is 440 g/mol. The van der Waals surface area contributed by atoms with Gasteiger partial charge in [-0.25, -0.2) is 4.79 Å². The van der Waals surface area contributed by atoms with Crippen molar-refractivity contribution in [2.24, 2.45) is 0 Å². The summed E-state index contributed by atoms with van der Waals surface area (Å²) in [6, 6.07) is 19.2. The lowest BCUT2D eigenvalue weighted by molar-refractivity contribution is -0.230. The molecule has 9 nitrogen and oxygen atoms in total. The van der Waals surface area contributed by atoms with Crippen LogP contribution in [-0.2, 0) is 21.8 Å². The molecule has 2 heterocycles. The largest absolute Gasteiger partial charge is 0.394 e. The van der Waals surface area contributed by atoms with Gasteiger partial charge in [0.1, 0.15) is 24.4 Å². The summed E-state index contributed by atoms with van der Waals surface area (Å²) in [6.07, 6.45) is -4.27. The molecule has 9 heteroatoms. The standard InChI is InChI=1S/C23H24N2O7/c26-13-17-19(28)20(29)23(32-17,25-12-11-18(27)24-22(25)30)21(16-9-5-2-6-10-16)31-14-15-7-3-1-4-8-15/h1-12,17,19-21,26,28-29H,13-14H2,(H,24,27,30)/t17-,19-,20-,21?,23+/m1/s1. The highest BCUT2D eigenvalue weighted by atomic mass is 16.6. The van der Waals surface area contributed by atoms with Crippen molar-refractivity contribution in [3.63, 3.8) is 0 Å². The van der Waals surface area contributed by atoms with Crippen molar-refractivity contribution in [3.05, 3.63) is 105 Å². The van der Waals surface area contributed by atoms with Gasteiger partial charge in [0, 0.05) is 12.3 Å². The topological polar surface area (TPSA) is 134 Å². The van der Waals surface area contributed by atoms with E-state index in [1.807, 2.05) is 30.3 Å². The Balaban J connectivity index is 1.89. The lowest BCUT2D eigenvalue weighted by Gasteiger charge is -2.40. The van der Waals surface area contributed by atoms with Crippen molar-refractivity contribution >= 4 is 0 Å². The van der Waals surface area contributed by atoms with Gasteiger partial charge in [-0.1, -0.05) is 60.7 Å². The van der Waals surface area contributed by atoms with Crippen LogP contribution in [-0.4, -0.2) is 49.8 Å². The maximum absolute atomic E-state index is 12.8. The summed E-state index contributed by atoms with van der Waals surface area (Å²) < 4.78 is 13.2. The van der Waals surface area contributed by atoms with Crippen LogP contribution in [0.2, 0.25) is 0 Å². The van der Waals surface area contributed by atoms with Crippen LogP contribution in [0.15, 0.2) is 82.5 Å². The third kappa shape index (κ3) is 3.92. The zero-order chi connectivity index (χ0) is 22.7. The molecule has 1 saturated heterocycles. The second kappa shape index (κ2) is 9.19. The van der Waals surface area contributed by atoms with Crippen molar-refractivity contribution in [2.75, 3.05) is 6.61 Å². The number of benzene rings is 2. The summed E-state index contributed by atoms with van der Waals surface area (Å²) in [5, 5.41) is 31.5. The average molecular weight is 440 g/mol. The Morgan fingerprint density at radius 1 is 1.03 bits per heavy atom. The molecular formula is C23H24N2O7. The minimum Gasteiger partial charge on any atom is -0.394 e. The van der Waals surface area contributed by atoms with Crippen LogP contribution in [0.25, 0.3) is 0 Å². The second-order valence-corrected chi connectivity index (χ2v) is 7.59. The van der Waals surface area contributed by atoms with Crippen molar-refractivity contribution in [1.82, 2.24) is 9.55 Å². The smallest absolute Gasteiger partial charge is 0.330 e. The normalized spacial score (nSPS) is 26.2. The van der Waals surface area contributed by atoms with E-state index in [0.717, 1.165) is 16.2 Å². The molecule has 0 radical (unpaired) electrons. The van der Waals surface area contributed by atoms with Gasteiger partial charge < -0.3 is 24.8 Å². The van der Waals surface area contributed by atoms with E-state index < -0.39 is 48.0 Å². The Morgan fingerprint density at radius 2 is 1.69 bits per heavy atom. The average Bonchev–Trinajstić information content (AvgIpc) is 3.06. The molecule has 2 aromatic carbocycles. The fourth-order valence-electron chi connectivity index (χ4n) is 4.05. The minimum atomic E-state index is -1.97. The highest BCUT2D eigenvalue weighted by Crippen LogP contribution is 2.46. The Kier molecular flexibility index (Phi) is 6.35. The molecule has 4 N–H and O–H groups in total. The van der Waals surface area contributed by atoms with Gasteiger partial charge in [-0.05, 0) is 11.1 Å². The third-order valence-electron chi connectivity index (χ3n) is 5.59. The molecule has 1 aliphatic rings. The molecule has 1 unspecified atom stereocenters. The molecule has 5 atom stereocenters. The lowest BCUT2D eigenvalue weighted by Crippen LogP contribution is -2.55. The van der Waals surface area contributed by atoms with Crippen LogP contribution < -0.4 is 11.2 Å². The summed E-state index contributed by atoms with van der Waals surface area (Å²) in [5.74, 6) is 0. The number of H-pyrrole nitrogens is 1. The van der Waals surface area contributed by atoms with Gasteiger partial charge in [0.05, 0.1) is 13.2 Å². The van der Waals surface area contributed by atoms with Gasteiger partial charge >= 0.3 is 5.69 Å². The first kappa shape index (κ1) is 22.1. The third-order valence-corrected chi connectivity index (χ3v) is 5.59. The molecule has 0 saturated carbocycles. The SMILES string of the molecule is O=c1ccn([C@]2(C(OCc3ccccc3)c3ccccc3)O[C@H](CO)[C@@H](O)[C@H]2O)c(=O)[nH]1. The maximum atomic E-state index is 12.8. The highest BCUT2D eigenvalue weighted by molar-refractivity contribution is 5.23. The first-order valence-corrected chi connectivity index (χ1v) is 10.1. The van der Waals surface area contributed by atoms with Crippen molar-refractivity contribution in [3.8, 4) is 0 Å². The molecule has 0 amide bonds. The Labute approximate surface area is 183 Å². The van der Waals surface area contributed by atoms with Crippen LogP contribution >= 0.6 is 0 Å². The highest BCUT2D eigenvalue weighted by Gasteiger charge is 2.61. The van der Waals surface area contributed by atoms with Gasteiger partial charge in [-0.2, -0.15) is 0 Å². The fraction of sp³-hybridized carbons (Fsp3) is 0.304. The zero-order valence-electron chi connectivity index (χ0n) is 17.1. The first-order valence-electron chi connectivity index (χ1n) is 10.1. The minimum absolute atomic E-state index is 0.107. The Morgan fingerprint density at radius 3 is 2.28 bits per heavy atom. The predicted molar refractivity (Wildman–Crippen MR) is 114 cm³/mol. The van der Waals surface area contributed by atoms with E-state index in [1.54, 1.807) is 30.3 Å². The van der Waals surface area contributed by atoms with Crippen LogP contribution in [0.4, 0.5) is 0 Å². The number of ether oxygens (including phenoxy) is 2. The molecule has 1 fully saturated rings. The second-order valence-electron chi connectivity index (χ2n) is 7.59. The van der Waals surface area contributed by atoms with Gasteiger partial charge in [-0.3, -0.25) is 14.3 Å². The van der Waals surface area contributed by atoms with Crippen molar-refractivity contribution in [1.29, 1.82) is 0 Å². The van der Waals surface area contributed by atoms with Crippen LogP contribution in [0.1, 0.15) is 17.2 Å². The number of nitrogens with one attached hydrogen (secondary N) is 1. The number of aromatic nitrogens is 2. The first-order chi connectivity index (χ1) is 15.5. The molecule has 3 aromatic rings. The predicted octanol–water partition coefficient (Wildman–Crippen LogP) is 0.260. The molecule has 0 aliphatic carbocycles.